The van der Waals surface area contributed by atoms with E-state index in [1.54, 1.807) is 0 Å². The van der Waals surface area contributed by atoms with Crippen molar-refractivity contribution in [3.05, 3.63) is 29.0 Å². The molecule has 4 nitrogen and oxygen atoms in total. The van der Waals surface area contributed by atoms with Crippen LogP contribution in [0.25, 0.3) is 11.0 Å². The van der Waals surface area contributed by atoms with Crippen molar-refractivity contribution >= 4 is 22.6 Å². The van der Waals surface area contributed by atoms with E-state index >= 15 is 0 Å². The predicted molar refractivity (Wildman–Crippen MR) is 87.6 cm³/mol. The predicted octanol–water partition coefficient (Wildman–Crippen LogP) is 3.28. The van der Waals surface area contributed by atoms with Crippen LogP contribution in [-0.4, -0.2) is 27.3 Å². The summed E-state index contributed by atoms with van der Waals surface area (Å²) in [6, 6.07) is 5.88. The lowest BCUT2D eigenvalue weighted by Crippen LogP contribution is -2.27. The maximum atomic E-state index is 9.83. The molecular formula is C16H24ClN3O. The Morgan fingerprint density at radius 3 is 2.71 bits per heavy atom. The van der Waals surface area contributed by atoms with Crippen LogP contribution in [0.15, 0.2) is 18.2 Å². The molecule has 0 aliphatic rings. The maximum Gasteiger partial charge on any atom is 0.126 e. The number of aliphatic hydroxyl groups is 1. The van der Waals surface area contributed by atoms with Gasteiger partial charge in [0.25, 0.3) is 0 Å². The molecule has 0 saturated heterocycles. The number of aromatic nitrogens is 2. The Bertz CT molecular complexity index is 609. The zero-order valence-corrected chi connectivity index (χ0v) is 13.9. The van der Waals surface area contributed by atoms with Crippen LogP contribution in [0.1, 0.15) is 39.1 Å². The number of nitrogens with one attached hydrogen (secondary N) is 1. The Labute approximate surface area is 131 Å². The average molecular weight is 310 g/mol. The van der Waals surface area contributed by atoms with E-state index in [-0.39, 0.29) is 12.1 Å². The standard InChI is InChI=1S/C16H24ClN3O/c1-10(2)15(21)7-8-18-11(3)16-19-13-9-12(17)5-6-14(13)20(16)4/h5-6,9-11,15,18,21H,7-8H2,1-4H3. The molecule has 1 aromatic carbocycles. The summed E-state index contributed by atoms with van der Waals surface area (Å²) in [5.41, 5.74) is 1.99. The summed E-state index contributed by atoms with van der Waals surface area (Å²) in [6.07, 6.45) is 0.488. The SMILES string of the molecule is CC(NCCC(O)C(C)C)c1nc2cc(Cl)ccc2n1C. The molecule has 2 aromatic rings. The summed E-state index contributed by atoms with van der Waals surface area (Å²) >= 11 is 6.02. The van der Waals surface area contributed by atoms with Gasteiger partial charge in [-0.05, 0) is 44.0 Å². The molecule has 5 heteroatoms. The third kappa shape index (κ3) is 3.76. The molecule has 0 bridgehead atoms. The highest BCUT2D eigenvalue weighted by molar-refractivity contribution is 6.31. The first-order valence-corrected chi connectivity index (χ1v) is 7.81. The highest BCUT2D eigenvalue weighted by atomic mass is 35.5. The van der Waals surface area contributed by atoms with Crippen LogP contribution in [-0.2, 0) is 7.05 Å². The molecule has 2 unspecified atom stereocenters. The Balaban J connectivity index is 2.05. The maximum absolute atomic E-state index is 9.83. The fourth-order valence-corrected chi connectivity index (χ4v) is 2.62. The molecule has 1 aromatic heterocycles. The topological polar surface area (TPSA) is 50.1 Å². The third-order valence-corrected chi connectivity index (χ3v) is 4.16. The van der Waals surface area contributed by atoms with Gasteiger partial charge in [-0.25, -0.2) is 4.98 Å². The van der Waals surface area contributed by atoms with E-state index in [9.17, 15) is 5.11 Å². The molecule has 2 rings (SSSR count). The van der Waals surface area contributed by atoms with Crippen molar-refractivity contribution in [2.24, 2.45) is 13.0 Å². The number of hydrogen-bond donors (Lipinski definition) is 2. The minimum absolute atomic E-state index is 0.125. The second kappa shape index (κ2) is 6.77. The number of hydrogen-bond acceptors (Lipinski definition) is 3. The summed E-state index contributed by atoms with van der Waals surface area (Å²) in [7, 11) is 2.01. The van der Waals surface area contributed by atoms with Crippen LogP contribution < -0.4 is 5.32 Å². The van der Waals surface area contributed by atoms with Gasteiger partial charge in [-0.2, -0.15) is 0 Å². The second-order valence-electron chi connectivity index (χ2n) is 5.94. The van der Waals surface area contributed by atoms with Gasteiger partial charge in [-0.15, -0.1) is 0 Å². The van der Waals surface area contributed by atoms with E-state index in [1.807, 2.05) is 39.1 Å². The molecule has 21 heavy (non-hydrogen) atoms. The van der Waals surface area contributed by atoms with Gasteiger partial charge in [0, 0.05) is 12.1 Å². The van der Waals surface area contributed by atoms with E-state index in [1.165, 1.54) is 0 Å². The van der Waals surface area contributed by atoms with Crippen molar-refractivity contribution < 1.29 is 5.11 Å². The molecule has 0 radical (unpaired) electrons. The lowest BCUT2D eigenvalue weighted by molar-refractivity contribution is 0.115. The van der Waals surface area contributed by atoms with Crippen LogP contribution in [0.2, 0.25) is 5.02 Å². The molecular weight excluding hydrogens is 286 g/mol. The Morgan fingerprint density at radius 1 is 1.33 bits per heavy atom. The van der Waals surface area contributed by atoms with Crippen molar-refractivity contribution in [1.29, 1.82) is 0 Å². The Kier molecular flexibility index (Phi) is 5.25. The fraction of sp³-hybridized carbons (Fsp3) is 0.562. The zero-order valence-electron chi connectivity index (χ0n) is 13.1. The third-order valence-electron chi connectivity index (χ3n) is 3.92. The monoisotopic (exact) mass is 309 g/mol. The first kappa shape index (κ1) is 16.3. The lowest BCUT2D eigenvalue weighted by atomic mass is 10.0. The molecule has 0 fully saturated rings. The van der Waals surface area contributed by atoms with Crippen molar-refractivity contribution in [3.8, 4) is 0 Å². The Morgan fingerprint density at radius 2 is 2.05 bits per heavy atom. The summed E-state index contributed by atoms with van der Waals surface area (Å²) in [6.45, 7) is 6.92. The van der Waals surface area contributed by atoms with Gasteiger partial charge in [0.2, 0.25) is 0 Å². The number of aryl methyl sites for hydroxylation is 1. The molecule has 0 spiro atoms. The number of rotatable bonds is 6. The second-order valence-corrected chi connectivity index (χ2v) is 6.37. The first-order valence-electron chi connectivity index (χ1n) is 7.43. The quantitative estimate of drug-likeness (QED) is 0.861. The molecule has 0 aliphatic carbocycles. The number of aliphatic hydroxyl groups excluding tert-OH is 1. The van der Waals surface area contributed by atoms with Crippen LogP contribution >= 0.6 is 11.6 Å². The molecule has 116 valence electrons. The molecule has 0 aliphatic heterocycles. The van der Waals surface area contributed by atoms with Gasteiger partial charge in [-0.1, -0.05) is 25.4 Å². The normalized spacial score (nSPS) is 14.8. The van der Waals surface area contributed by atoms with Crippen LogP contribution in [0.4, 0.5) is 0 Å². The van der Waals surface area contributed by atoms with Crippen molar-refractivity contribution in [2.45, 2.75) is 39.3 Å². The number of fused-ring (bicyclic) bond motifs is 1. The summed E-state index contributed by atoms with van der Waals surface area (Å²) < 4.78 is 2.09. The van der Waals surface area contributed by atoms with Crippen molar-refractivity contribution in [2.75, 3.05) is 6.54 Å². The summed E-state index contributed by atoms with van der Waals surface area (Å²) in [4.78, 5) is 4.66. The van der Waals surface area contributed by atoms with E-state index in [0.717, 1.165) is 29.8 Å². The van der Waals surface area contributed by atoms with Gasteiger partial charge in [0.1, 0.15) is 5.82 Å². The minimum Gasteiger partial charge on any atom is -0.393 e. The highest BCUT2D eigenvalue weighted by Gasteiger charge is 2.15. The lowest BCUT2D eigenvalue weighted by Gasteiger charge is -2.17. The van der Waals surface area contributed by atoms with E-state index < -0.39 is 0 Å². The summed E-state index contributed by atoms with van der Waals surface area (Å²) in [5, 5.41) is 14.0. The molecule has 2 N–H and O–H groups in total. The van der Waals surface area contributed by atoms with E-state index in [2.05, 4.69) is 21.8 Å². The van der Waals surface area contributed by atoms with E-state index in [4.69, 9.17) is 11.6 Å². The minimum atomic E-state index is -0.260. The van der Waals surface area contributed by atoms with Crippen LogP contribution in [0.3, 0.4) is 0 Å². The first-order chi connectivity index (χ1) is 9.90. The fourth-order valence-electron chi connectivity index (χ4n) is 2.45. The molecule has 2 atom stereocenters. The number of benzene rings is 1. The smallest absolute Gasteiger partial charge is 0.126 e. The van der Waals surface area contributed by atoms with Gasteiger partial charge < -0.3 is 15.0 Å². The molecule has 0 saturated carbocycles. The van der Waals surface area contributed by atoms with Crippen LogP contribution in [0, 0.1) is 5.92 Å². The van der Waals surface area contributed by atoms with Crippen LogP contribution in [0.5, 0.6) is 0 Å². The van der Waals surface area contributed by atoms with Crippen molar-refractivity contribution in [1.82, 2.24) is 14.9 Å². The van der Waals surface area contributed by atoms with Gasteiger partial charge in [0.05, 0.1) is 23.2 Å². The molecule has 1 heterocycles. The average Bonchev–Trinajstić information content (AvgIpc) is 2.75. The van der Waals surface area contributed by atoms with E-state index in [0.29, 0.717) is 10.9 Å². The zero-order chi connectivity index (χ0) is 15.6. The highest BCUT2D eigenvalue weighted by Crippen LogP contribution is 2.22. The Hall–Kier alpha value is -1.10. The van der Waals surface area contributed by atoms with Gasteiger partial charge >= 0.3 is 0 Å². The summed E-state index contributed by atoms with van der Waals surface area (Å²) in [5.74, 6) is 1.27. The van der Waals surface area contributed by atoms with Crippen molar-refractivity contribution in [3.63, 3.8) is 0 Å². The molecule has 0 amide bonds. The largest absolute Gasteiger partial charge is 0.393 e. The van der Waals surface area contributed by atoms with Gasteiger partial charge in [-0.3, -0.25) is 0 Å². The number of halogens is 1. The number of imidazole rings is 1. The number of nitrogens with zero attached hydrogens (tertiary/aromatic N) is 2. The van der Waals surface area contributed by atoms with Gasteiger partial charge in [0.15, 0.2) is 0 Å².